The van der Waals surface area contributed by atoms with Crippen molar-refractivity contribution in [1.29, 1.82) is 5.41 Å². The molecule has 202 valence electrons. The molecular weight excluding hydrogens is 473 g/mol. The Morgan fingerprint density at radius 1 is 1.05 bits per heavy atom. The number of carbonyl (C=O) groups excluding carboxylic acids is 1. The number of hydrogen-bond donors (Lipinski definition) is 1. The van der Waals surface area contributed by atoms with Crippen molar-refractivity contribution in [2.75, 3.05) is 44.9 Å². The van der Waals surface area contributed by atoms with Gasteiger partial charge >= 0.3 is 0 Å². The molecule has 2 aromatic carbocycles. The second-order valence-corrected chi connectivity index (χ2v) is 10.0. The standard InChI is InChI=1S/C29H40FN3O4/c1-9-32(10-2)21-14-18(13-20(26(21)35-8)29(5,6)7)22(34)17-33-16-19-15-23(36-11-3)27(37-12-4)25(30)24(19)28(33)31/h13-15,31H,9-12,16-17H2,1-8H3. The van der Waals surface area contributed by atoms with Gasteiger partial charge in [-0.3, -0.25) is 10.2 Å². The van der Waals surface area contributed by atoms with Crippen molar-refractivity contribution in [3.05, 3.63) is 46.3 Å². The van der Waals surface area contributed by atoms with Crippen LogP contribution < -0.4 is 19.1 Å². The van der Waals surface area contributed by atoms with Gasteiger partial charge in [0.05, 0.1) is 38.1 Å². The Balaban J connectivity index is 1.99. The Hall–Kier alpha value is -3.29. The Morgan fingerprint density at radius 3 is 2.24 bits per heavy atom. The van der Waals surface area contributed by atoms with Gasteiger partial charge in [0, 0.05) is 30.8 Å². The van der Waals surface area contributed by atoms with E-state index in [4.69, 9.17) is 19.6 Å². The van der Waals surface area contributed by atoms with E-state index in [0.29, 0.717) is 23.5 Å². The molecule has 7 nitrogen and oxygen atoms in total. The average molecular weight is 514 g/mol. The Labute approximate surface area is 220 Å². The summed E-state index contributed by atoms with van der Waals surface area (Å²) in [6.07, 6.45) is 0. The van der Waals surface area contributed by atoms with Crippen molar-refractivity contribution in [3.63, 3.8) is 0 Å². The van der Waals surface area contributed by atoms with Gasteiger partial charge < -0.3 is 24.0 Å². The number of anilines is 1. The second kappa shape index (κ2) is 11.4. The minimum atomic E-state index is -0.619. The summed E-state index contributed by atoms with van der Waals surface area (Å²) >= 11 is 0. The lowest BCUT2D eigenvalue weighted by Crippen LogP contribution is -2.31. The molecule has 1 N–H and O–H groups in total. The zero-order valence-electron chi connectivity index (χ0n) is 23.4. The number of ketones is 1. The fraction of sp³-hybridized carbons (Fsp3) is 0.517. The van der Waals surface area contributed by atoms with Gasteiger partial charge in [0.1, 0.15) is 11.6 Å². The molecule has 0 fully saturated rings. The van der Waals surface area contributed by atoms with Gasteiger partial charge in [-0.1, -0.05) is 20.8 Å². The topological polar surface area (TPSA) is 75.1 Å². The van der Waals surface area contributed by atoms with Crippen molar-refractivity contribution < 1.29 is 23.4 Å². The Morgan fingerprint density at radius 2 is 1.70 bits per heavy atom. The predicted molar refractivity (Wildman–Crippen MR) is 146 cm³/mol. The number of benzene rings is 2. The van der Waals surface area contributed by atoms with Crippen LogP contribution in [0.3, 0.4) is 0 Å². The Bertz CT molecular complexity index is 1170. The summed E-state index contributed by atoms with van der Waals surface area (Å²) in [5, 5.41) is 8.67. The van der Waals surface area contributed by atoms with Crippen molar-refractivity contribution in [2.24, 2.45) is 0 Å². The van der Waals surface area contributed by atoms with Crippen LogP contribution >= 0.6 is 0 Å². The number of Topliss-reactive ketones (excluding diaryl/α,β-unsaturated/α-hetero) is 1. The number of ether oxygens (including phenoxy) is 3. The lowest BCUT2D eigenvalue weighted by atomic mass is 9.84. The van der Waals surface area contributed by atoms with E-state index in [0.717, 1.165) is 30.1 Å². The third kappa shape index (κ3) is 5.53. The largest absolute Gasteiger partial charge is 0.494 e. The molecule has 1 heterocycles. The lowest BCUT2D eigenvalue weighted by molar-refractivity contribution is 0.0962. The van der Waals surface area contributed by atoms with Crippen LogP contribution in [0.25, 0.3) is 0 Å². The first kappa shape index (κ1) is 28.3. The molecule has 0 spiro atoms. The third-order valence-electron chi connectivity index (χ3n) is 6.61. The normalized spacial score (nSPS) is 13.0. The van der Waals surface area contributed by atoms with Crippen molar-refractivity contribution in [1.82, 2.24) is 4.90 Å². The molecule has 1 aliphatic heterocycles. The van der Waals surface area contributed by atoms with E-state index < -0.39 is 5.82 Å². The van der Waals surface area contributed by atoms with Gasteiger partial charge in [-0.25, -0.2) is 4.39 Å². The summed E-state index contributed by atoms with van der Waals surface area (Å²) in [6.45, 7) is 16.4. The highest BCUT2D eigenvalue weighted by Gasteiger charge is 2.34. The number of carbonyl (C=O) groups is 1. The van der Waals surface area contributed by atoms with E-state index in [2.05, 4.69) is 39.5 Å². The zero-order valence-corrected chi connectivity index (χ0v) is 23.4. The maximum Gasteiger partial charge on any atom is 0.197 e. The maximum absolute atomic E-state index is 15.4. The maximum atomic E-state index is 15.4. The number of nitrogens with zero attached hydrogens (tertiary/aromatic N) is 2. The second-order valence-electron chi connectivity index (χ2n) is 10.0. The van der Waals surface area contributed by atoms with Crippen LogP contribution in [0.1, 0.15) is 75.5 Å². The van der Waals surface area contributed by atoms with Crippen molar-refractivity contribution in [3.8, 4) is 17.2 Å². The monoisotopic (exact) mass is 513 g/mol. The van der Waals surface area contributed by atoms with Gasteiger partial charge in [-0.2, -0.15) is 0 Å². The third-order valence-corrected chi connectivity index (χ3v) is 6.61. The molecule has 0 amide bonds. The van der Waals surface area contributed by atoms with Crippen LogP contribution in [0.5, 0.6) is 17.2 Å². The first-order valence-electron chi connectivity index (χ1n) is 13.0. The number of fused-ring (bicyclic) bond motifs is 1. The number of amidine groups is 1. The quantitative estimate of drug-likeness (QED) is 0.383. The molecule has 0 aliphatic carbocycles. The highest BCUT2D eigenvalue weighted by Crippen LogP contribution is 2.41. The summed E-state index contributed by atoms with van der Waals surface area (Å²) in [5.74, 6) is 0.298. The number of halogens is 1. The SMILES string of the molecule is CCOc1cc2c(c(F)c1OCC)C(=N)N(CC(=O)c1cc(N(CC)CC)c(OC)c(C(C)(C)C)c1)C2. The van der Waals surface area contributed by atoms with Crippen LogP contribution in [0, 0.1) is 11.2 Å². The fourth-order valence-electron chi connectivity index (χ4n) is 4.77. The molecule has 0 saturated carbocycles. The molecule has 37 heavy (non-hydrogen) atoms. The summed E-state index contributed by atoms with van der Waals surface area (Å²) in [5.41, 5.74) is 2.87. The molecule has 0 atom stereocenters. The molecule has 1 aliphatic rings. The number of hydrogen-bond acceptors (Lipinski definition) is 6. The summed E-state index contributed by atoms with van der Waals surface area (Å²) in [6, 6.07) is 5.48. The van der Waals surface area contributed by atoms with Gasteiger partial charge in [0.2, 0.25) is 0 Å². The molecule has 0 radical (unpaired) electrons. The molecule has 0 unspecified atom stereocenters. The minimum Gasteiger partial charge on any atom is -0.494 e. The number of nitrogens with one attached hydrogen (secondary N) is 1. The lowest BCUT2D eigenvalue weighted by Gasteiger charge is -2.30. The van der Waals surface area contributed by atoms with Crippen LogP contribution in [0.4, 0.5) is 10.1 Å². The molecule has 2 aromatic rings. The van der Waals surface area contributed by atoms with Crippen LogP contribution in [0.2, 0.25) is 0 Å². The number of rotatable bonds is 11. The highest BCUT2D eigenvalue weighted by atomic mass is 19.1. The molecule has 8 heteroatoms. The van der Waals surface area contributed by atoms with Crippen LogP contribution in [-0.4, -0.2) is 56.5 Å². The summed E-state index contributed by atoms with van der Waals surface area (Å²) < 4.78 is 32.4. The van der Waals surface area contributed by atoms with Gasteiger partial charge in [-0.15, -0.1) is 0 Å². The molecule has 0 aromatic heterocycles. The molecule has 3 rings (SSSR count). The van der Waals surface area contributed by atoms with E-state index >= 15 is 4.39 Å². The van der Waals surface area contributed by atoms with Crippen molar-refractivity contribution in [2.45, 2.75) is 60.4 Å². The minimum absolute atomic E-state index is 0.00913. The van der Waals surface area contributed by atoms with Crippen LogP contribution in [0.15, 0.2) is 18.2 Å². The van der Waals surface area contributed by atoms with E-state index in [1.165, 1.54) is 0 Å². The number of methoxy groups -OCH3 is 1. The summed E-state index contributed by atoms with van der Waals surface area (Å²) in [7, 11) is 1.66. The molecular formula is C29H40FN3O4. The predicted octanol–water partition coefficient (Wildman–Crippen LogP) is 5.80. The van der Waals surface area contributed by atoms with Gasteiger partial charge in [0.25, 0.3) is 0 Å². The smallest absolute Gasteiger partial charge is 0.197 e. The van der Waals surface area contributed by atoms with E-state index in [1.54, 1.807) is 25.0 Å². The molecule has 0 bridgehead atoms. The Kier molecular flexibility index (Phi) is 8.72. The van der Waals surface area contributed by atoms with E-state index in [1.807, 2.05) is 19.1 Å². The first-order valence-corrected chi connectivity index (χ1v) is 13.0. The highest BCUT2D eigenvalue weighted by molar-refractivity contribution is 6.06. The first-order chi connectivity index (χ1) is 17.5. The van der Waals surface area contributed by atoms with E-state index in [-0.39, 0.29) is 48.0 Å². The average Bonchev–Trinajstić information content (AvgIpc) is 3.16. The van der Waals surface area contributed by atoms with Gasteiger partial charge in [0.15, 0.2) is 23.1 Å². The van der Waals surface area contributed by atoms with Crippen LogP contribution in [-0.2, 0) is 12.0 Å². The molecule has 0 saturated heterocycles. The van der Waals surface area contributed by atoms with E-state index in [9.17, 15) is 4.79 Å². The van der Waals surface area contributed by atoms with Crippen molar-refractivity contribution >= 4 is 17.3 Å². The van der Waals surface area contributed by atoms with Gasteiger partial charge in [-0.05, 0) is 56.9 Å². The fourth-order valence-corrected chi connectivity index (χ4v) is 4.77. The summed E-state index contributed by atoms with van der Waals surface area (Å²) in [4.78, 5) is 17.4. The zero-order chi connectivity index (χ0) is 27.5.